The van der Waals surface area contributed by atoms with Crippen molar-refractivity contribution in [3.63, 3.8) is 0 Å². The molecule has 0 amide bonds. The molecule has 0 saturated carbocycles. The van der Waals surface area contributed by atoms with Crippen molar-refractivity contribution in [3.05, 3.63) is 24.8 Å². The highest BCUT2D eigenvalue weighted by molar-refractivity contribution is 5.32. The van der Waals surface area contributed by atoms with Crippen LogP contribution in [-0.4, -0.2) is 22.4 Å². The van der Waals surface area contributed by atoms with Crippen LogP contribution in [0.5, 0.6) is 0 Å². The fraction of sp³-hybridized carbons (Fsp3) is 0.529. The predicted octanol–water partition coefficient (Wildman–Crippen LogP) is 2.82. The molecule has 0 rings (SSSR count). The molecule has 0 unspecified atom stereocenters. The topological polar surface area (TPSA) is 40.5 Å². The summed E-state index contributed by atoms with van der Waals surface area (Å²) in [5.41, 5.74) is 0. The molecule has 0 aliphatic heterocycles. The maximum Gasteiger partial charge on any atom is 0.134 e. The average molecular weight is 260 g/mol. The standard InChI is InChI=1S/C17H24O2/c1-3-5-6-7-11-14-17(19)15-12-9-8-10-13-16(18)4-2/h4,12,15-19H,2-3,5-7,11,14H2,1H3/b15-12+/t16-,17-/m1/s1. The molecule has 0 saturated heterocycles. The van der Waals surface area contributed by atoms with Gasteiger partial charge in [-0.1, -0.05) is 63.5 Å². The smallest absolute Gasteiger partial charge is 0.134 e. The lowest BCUT2D eigenvalue weighted by Crippen LogP contribution is -2.01. The first-order valence-electron chi connectivity index (χ1n) is 6.87. The molecule has 0 fully saturated rings. The number of unbranched alkanes of at least 4 members (excludes halogenated alkanes) is 4. The van der Waals surface area contributed by atoms with E-state index in [0.29, 0.717) is 0 Å². The van der Waals surface area contributed by atoms with Crippen LogP contribution in [0.15, 0.2) is 24.8 Å². The van der Waals surface area contributed by atoms with Crippen LogP contribution in [0, 0.1) is 23.7 Å². The van der Waals surface area contributed by atoms with Gasteiger partial charge in [0.25, 0.3) is 0 Å². The molecule has 19 heavy (non-hydrogen) atoms. The Morgan fingerprint density at radius 1 is 1.11 bits per heavy atom. The molecule has 2 N–H and O–H groups in total. The van der Waals surface area contributed by atoms with Gasteiger partial charge in [-0.3, -0.25) is 0 Å². The van der Waals surface area contributed by atoms with Crippen molar-refractivity contribution in [2.24, 2.45) is 0 Å². The maximum atomic E-state index is 9.64. The van der Waals surface area contributed by atoms with Crippen LogP contribution in [-0.2, 0) is 0 Å². The van der Waals surface area contributed by atoms with E-state index in [1.807, 2.05) is 0 Å². The van der Waals surface area contributed by atoms with E-state index in [1.54, 1.807) is 12.2 Å². The largest absolute Gasteiger partial charge is 0.389 e. The Morgan fingerprint density at radius 3 is 2.53 bits per heavy atom. The van der Waals surface area contributed by atoms with E-state index in [9.17, 15) is 5.11 Å². The van der Waals surface area contributed by atoms with Crippen molar-refractivity contribution >= 4 is 0 Å². The van der Waals surface area contributed by atoms with E-state index in [-0.39, 0.29) is 0 Å². The van der Waals surface area contributed by atoms with E-state index < -0.39 is 12.2 Å². The predicted molar refractivity (Wildman–Crippen MR) is 80.3 cm³/mol. The lowest BCUT2D eigenvalue weighted by molar-refractivity contribution is 0.208. The molecule has 104 valence electrons. The highest BCUT2D eigenvalue weighted by atomic mass is 16.3. The van der Waals surface area contributed by atoms with Gasteiger partial charge < -0.3 is 10.2 Å². The van der Waals surface area contributed by atoms with Gasteiger partial charge in [-0.25, -0.2) is 0 Å². The number of hydrogen-bond acceptors (Lipinski definition) is 2. The molecule has 2 atom stereocenters. The Labute approximate surface area is 117 Å². The van der Waals surface area contributed by atoms with Gasteiger partial charge in [0.2, 0.25) is 0 Å². The van der Waals surface area contributed by atoms with Crippen LogP contribution in [0.3, 0.4) is 0 Å². The zero-order chi connectivity index (χ0) is 14.3. The van der Waals surface area contributed by atoms with Crippen LogP contribution < -0.4 is 0 Å². The van der Waals surface area contributed by atoms with E-state index >= 15 is 0 Å². The van der Waals surface area contributed by atoms with Crippen LogP contribution in [0.1, 0.15) is 45.4 Å². The summed E-state index contributed by atoms with van der Waals surface area (Å²) in [6, 6.07) is 0. The summed E-state index contributed by atoms with van der Waals surface area (Å²) in [5, 5.41) is 18.7. The molecule has 0 aromatic rings. The fourth-order valence-corrected chi connectivity index (χ4v) is 1.46. The van der Waals surface area contributed by atoms with Crippen molar-refractivity contribution in [2.75, 3.05) is 0 Å². The molecule has 0 radical (unpaired) electrons. The third-order valence-electron chi connectivity index (χ3n) is 2.58. The average Bonchev–Trinajstić information content (AvgIpc) is 2.42. The summed E-state index contributed by atoms with van der Waals surface area (Å²) in [4.78, 5) is 0. The molecule has 0 bridgehead atoms. The molecule has 2 heteroatoms. The SMILES string of the molecule is C=C[C@@H](O)C#CC#C/C=C/[C@H](O)CCCCCCC. The zero-order valence-corrected chi connectivity index (χ0v) is 11.7. The van der Waals surface area contributed by atoms with Crippen molar-refractivity contribution in [2.45, 2.75) is 57.7 Å². The van der Waals surface area contributed by atoms with Gasteiger partial charge in [0.15, 0.2) is 0 Å². The molecular weight excluding hydrogens is 236 g/mol. The molecule has 2 nitrogen and oxygen atoms in total. The summed E-state index contributed by atoms with van der Waals surface area (Å²) in [7, 11) is 0. The van der Waals surface area contributed by atoms with E-state index in [2.05, 4.69) is 37.2 Å². The Bertz CT molecular complexity index is 374. The van der Waals surface area contributed by atoms with Crippen molar-refractivity contribution in [3.8, 4) is 23.7 Å². The Balaban J connectivity index is 3.77. The summed E-state index contributed by atoms with van der Waals surface area (Å²) in [5.74, 6) is 10.3. The lowest BCUT2D eigenvalue weighted by atomic mass is 10.1. The second kappa shape index (κ2) is 13.0. The highest BCUT2D eigenvalue weighted by Gasteiger charge is 1.97. The molecular formula is C17H24O2. The second-order valence-electron chi connectivity index (χ2n) is 4.35. The molecule has 0 aliphatic carbocycles. The Morgan fingerprint density at radius 2 is 1.84 bits per heavy atom. The minimum absolute atomic E-state index is 0.428. The number of hydrogen-bond donors (Lipinski definition) is 2. The zero-order valence-electron chi connectivity index (χ0n) is 11.7. The van der Waals surface area contributed by atoms with E-state index in [4.69, 9.17) is 5.11 Å². The number of aliphatic hydroxyl groups is 2. The van der Waals surface area contributed by atoms with Crippen LogP contribution in [0.2, 0.25) is 0 Å². The summed E-state index contributed by atoms with van der Waals surface area (Å²) < 4.78 is 0. The number of aliphatic hydroxyl groups excluding tert-OH is 2. The number of rotatable bonds is 8. The monoisotopic (exact) mass is 260 g/mol. The van der Waals surface area contributed by atoms with Crippen LogP contribution in [0.25, 0.3) is 0 Å². The van der Waals surface area contributed by atoms with Crippen molar-refractivity contribution in [1.82, 2.24) is 0 Å². The maximum absolute atomic E-state index is 9.64. The lowest BCUT2D eigenvalue weighted by Gasteiger charge is -2.03. The second-order valence-corrected chi connectivity index (χ2v) is 4.35. The third-order valence-corrected chi connectivity index (χ3v) is 2.58. The van der Waals surface area contributed by atoms with Crippen molar-refractivity contribution in [1.29, 1.82) is 0 Å². The first kappa shape index (κ1) is 17.5. The van der Waals surface area contributed by atoms with Gasteiger partial charge in [-0.15, -0.1) is 0 Å². The Hall–Kier alpha value is -1.48. The first-order valence-corrected chi connectivity index (χ1v) is 6.87. The molecule has 0 spiro atoms. The van der Waals surface area contributed by atoms with E-state index in [1.165, 1.54) is 31.8 Å². The van der Waals surface area contributed by atoms with Crippen LogP contribution in [0.4, 0.5) is 0 Å². The Kier molecular flexibility index (Phi) is 12.0. The summed E-state index contributed by atoms with van der Waals surface area (Å²) >= 11 is 0. The van der Waals surface area contributed by atoms with Gasteiger partial charge in [-0.2, -0.15) is 0 Å². The molecule has 0 aliphatic rings. The van der Waals surface area contributed by atoms with Crippen molar-refractivity contribution < 1.29 is 10.2 Å². The molecule has 0 aromatic carbocycles. The van der Waals surface area contributed by atoms with Gasteiger partial charge in [0.1, 0.15) is 6.10 Å². The summed E-state index contributed by atoms with van der Waals surface area (Å²) in [6.45, 7) is 5.59. The molecule has 0 aromatic heterocycles. The fourth-order valence-electron chi connectivity index (χ4n) is 1.46. The first-order chi connectivity index (χ1) is 9.20. The third kappa shape index (κ3) is 12.8. The normalized spacial score (nSPS) is 13.0. The van der Waals surface area contributed by atoms with E-state index in [0.717, 1.165) is 12.8 Å². The molecule has 0 heterocycles. The minimum atomic E-state index is -0.827. The minimum Gasteiger partial charge on any atom is -0.389 e. The van der Waals surface area contributed by atoms with Gasteiger partial charge in [0, 0.05) is 0 Å². The van der Waals surface area contributed by atoms with Gasteiger partial charge in [0.05, 0.1) is 6.10 Å². The van der Waals surface area contributed by atoms with Gasteiger partial charge >= 0.3 is 0 Å². The summed E-state index contributed by atoms with van der Waals surface area (Å²) in [6.07, 6.45) is 10.1. The quantitative estimate of drug-likeness (QED) is 0.400. The highest BCUT2D eigenvalue weighted by Crippen LogP contribution is 2.07. The number of allylic oxidation sites excluding steroid dienone is 1. The van der Waals surface area contributed by atoms with Gasteiger partial charge in [-0.05, 0) is 30.4 Å². The van der Waals surface area contributed by atoms with Crippen LogP contribution >= 0.6 is 0 Å².